The van der Waals surface area contributed by atoms with E-state index in [0.29, 0.717) is 11.4 Å². The Morgan fingerprint density at radius 1 is 0.870 bits per heavy atom. The number of hydrogen-bond acceptors (Lipinski definition) is 4. The molecule has 0 spiro atoms. The van der Waals surface area contributed by atoms with Gasteiger partial charge >= 0.3 is 11.8 Å². The maximum Gasteiger partial charge on any atom is 0.316 e. The van der Waals surface area contributed by atoms with E-state index in [9.17, 15) is 14.4 Å². The SMILES string of the molecule is Cc1cc(C)cc(NC(=O)C(=O)NC(=O)c2ccc(N)cc2)c1. The highest BCUT2D eigenvalue weighted by Crippen LogP contribution is 2.13. The van der Waals surface area contributed by atoms with Gasteiger partial charge in [-0.25, -0.2) is 0 Å². The van der Waals surface area contributed by atoms with E-state index in [2.05, 4.69) is 5.32 Å². The Bertz CT molecular complexity index is 747. The number of nitrogen functional groups attached to an aromatic ring is 1. The minimum Gasteiger partial charge on any atom is -0.399 e. The molecule has 118 valence electrons. The molecule has 0 radical (unpaired) electrons. The van der Waals surface area contributed by atoms with Crippen molar-refractivity contribution in [3.8, 4) is 0 Å². The van der Waals surface area contributed by atoms with Crippen molar-refractivity contribution in [1.29, 1.82) is 0 Å². The summed E-state index contributed by atoms with van der Waals surface area (Å²) in [5.74, 6) is -2.59. The summed E-state index contributed by atoms with van der Waals surface area (Å²) in [6.07, 6.45) is 0. The van der Waals surface area contributed by atoms with Crippen molar-refractivity contribution >= 4 is 29.1 Å². The predicted octanol–water partition coefficient (Wildman–Crippen LogP) is 1.78. The smallest absolute Gasteiger partial charge is 0.316 e. The number of anilines is 2. The van der Waals surface area contributed by atoms with Crippen molar-refractivity contribution in [3.05, 3.63) is 59.2 Å². The van der Waals surface area contributed by atoms with Crippen LogP contribution in [-0.2, 0) is 9.59 Å². The maximum absolute atomic E-state index is 11.9. The van der Waals surface area contributed by atoms with E-state index in [-0.39, 0.29) is 5.56 Å². The Labute approximate surface area is 133 Å². The van der Waals surface area contributed by atoms with Gasteiger partial charge in [-0.3, -0.25) is 19.7 Å². The van der Waals surface area contributed by atoms with Crippen LogP contribution in [0.25, 0.3) is 0 Å². The van der Waals surface area contributed by atoms with E-state index in [4.69, 9.17) is 5.73 Å². The Kier molecular flexibility index (Phi) is 4.75. The number of imide groups is 1. The monoisotopic (exact) mass is 311 g/mol. The van der Waals surface area contributed by atoms with Gasteiger partial charge in [0.05, 0.1) is 0 Å². The van der Waals surface area contributed by atoms with Crippen LogP contribution in [0.2, 0.25) is 0 Å². The summed E-state index contributed by atoms with van der Waals surface area (Å²) in [5.41, 5.74) is 8.68. The van der Waals surface area contributed by atoms with E-state index < -0.39 is 17.7 Å². The number of carbonyl (C=O) groups is 3. The maximum atomic E-state index is 11.9. The highest BCUT2D eigenvalue weighted by Gasteiger charge is 2.18. The van der Waals surface area contributed by atoms with Crippen LogP contribution in [-0.4, -0.2) is 17.7 Å². The molecule has 2 aromatic rings. The molecular weight excluding hydrogens is 294 g/mol. The Balaban J connectivity index is 2.01. The number of amides is 3. The first-order valence-corrected chi connectivity index (χ1v) is 6.95. The van der Waals surface area contributed by atoms with Gasteiger partial charge in [-0.1, -0.05) is 6.07 Å². The molecule has 2 aromatic carbocycles. The second-order valence-electron chi connectivity index (χ2n) is 5.24. The first kappa shape index (κ1) is 16.2. The highest BCUT2D eigenvalue weighted by atomic mass is 16.2. The molecule has 0 saturated carbocycles. The molecular formula is C17H17N3O3. The van der Waals surface area contributed by atoms with Crippen LogP contribution in [0.5, 0.6) is 0 Å². The molecule has 0 aliphatic carbocycles. The van der Waals surface area contributed by atoms with E-state index in [1.165, 1.54) is 24.3 Å². The standard InChI is InChI=1S/C17H17N3O3/c1-10-7-11(2)9-14(8-10)19-16(22)17(23)20-15(21)12-3-5-13(18)6-4-12/h3-9H,18H2,1-2H3,(H,19,22)(H,20,21,23). The second kappa shape index (κ2) is 6.74. The van der Waals surface area contributed by atoms with Gasteiger partial charge in [0.25, 0.3) is 5.91 Å². The normalized spacial score (nSPS) is 10.0. The Hall–Kier alpha value is -3.15. The van der Waals surface area contributed by atoms with Crippen LogP contribution in [0.3, 0.4) is 0 Å². The molecule has 23 heavy (non-hydrogen) atoms. The van der Waals surface area contributed by atoms with Crippen molar-refractivity contribution in [1.82, 2.24) is 5.32 Å². The van der Waals surface area contributed by atoms with Crippen molar-refractivity contribution in [3.63, 3.8) is 0 Å². The summed E-state index contributed by atoms with van der Waals surface area (Å²) in [4.78, 5) is 35.5. The second-order valence-corrected chi connectivity index (χ2v) is 5.24. The topological polar surface area (TPSA) is 101 Å². The zero-order chi connectivity index (χ0) is 17.0. The third kappa shape index (κ3) is 4.41. The Morgan fingerprint density at radius 3 is 2.00 bits per heavy atom. The molecule has 2 rings (SSSR count). The van der Waals surface area contributed by atoms with Gasteiger partial charge in [0, 0.05) is 16.9 Å². The molecule has 6 nitrogen and oxygen atoms in total. The molecule has 0 bridgehead atoms. The zero-order valence-corrected chi connectivity index (χ0v) is 12.8. The molecule has 0 saturated heterocycles. The first-order chi connectivity index (χ1) is 10.8. The van der Waals surface area contributed by atoms with Crippen molar-refractivity contribution in [2.24, 2.45) is 0 Å². The van der Waals surface area contributed by atoms with E-state index >= 15 is 0 Å². The molecule has 6 heteroatoms. The van der Waals surface area contributed by atoms with E-state index in [1.807, 2.05) is 25.2 Å². The average molecular weight is 311 g/mol. The van der Waals surface area contributed by atoms with E-state index in [0.717, 1.165) is 11.1 Å². The lowest BCUT2D eigenvalue weighted by Crippen LogP contribution is -2.39. The molecule has 0 aliphatic heterocycles. The lowest BCUT2D eigenvalue weighted by molar-refractivity contribution is -0.135. The zero-order valence-electron chi connectivity index (χ0n) is 12.8. The quantitative estimate of drug-likeness (QED) is 0.581. The van der Waals surface area contributed by atoms with Gasteiger partial charge in [-0.05, 0) is 61.4 Å². The van der Waals surface area contributed by atoms with Gasteiger partial charge in [0.2, 0.25) is 0 Å². The minimum atomic E-state index is -1.02. The van der Waals surface area contributed by atoms with Crippen LogP contribution in [0.1, 0.15) is 21.5 Å². The van der Waals surface area contributed by atoms with Crippen LogP contribution in [0, 0.1) is 13.8 Å². The summed E-state index contributed by atoms with van der Waals surface area (Å²) in [5, 5.41) is 4.50. The number of aryl methyl sites for hydroxylation is 2. The average Bonchev–Trinajstić information content (AvgIpc) is 2.46. The van der Waals surface area contributed by atoms with Crippen LogP contribution < -0.4 is 16.4 Å². The van der Waals surface area contributed by atoms with Crippen LogP contribution in [0.4, 0.5) is 11.4 Å². The largest absolute Gasteiger partial charge is 0.399 e. The molecule has 0 aliphatic rings. The Morgan fingerprint density at radius 2 is 1.43 bits per heavy atom. The molecule has 0 aromatic heterocycles. The molecule has 4 N–H and O–H groups in total. The summed E-state index contributed by atoms with van der Waals surface area (Å²) in [6.45, 7) is 3.76. The summed E-state index contributed by atoms with van der Waals surface area (Å²) in [7, 11) is 0. The number of rotatable bonds is 2. The summed E-state index contributed by atoms with van der Waals surface area (Å²) >= 11 is 0. The van der Waals surface area contributed by atoms with Gasteiger partial charge in [-0.15, -0.1) is 0 Å². The number of hydrogen-bond donors (Lipinski definition) is 3. The lowest BCUT2D eigenvalue weighted by Gasteiger charge is -2.08. The fourth-order valence-corrected chi connectivity index (χ4v) is 2.10. The van der Waals surface area contributed by atoms with Crippen molar-refractivity contribution in [2.45, 2.75) is 13.8 Å². The lowest BCUT2D eigenvalue weighted by atomic mass is 10.1. The summed E-state index contributed by atoms with van der Waals surface area (Å²) < 4.78 is 0. The van der Waals surface area contributed by atoms with Crippen molar-refractivity contribution in [2.75, 3.05) is 11.1 Å². The fraction of sp³-hybridized carbons (Fsp3) is 0.118. The minimum absolute atomic E-state index is 0.242. The molecule has 3 amide bonds. The summed E-state index contributed by atoms with van der Waals surface area (Å²) in [6, 6.07) is 11.4. The van der Waals surface area contributed by atoms with E-state index in [1.54, 1.807) is 12.1 Å². The highest BCUT2D eigenvalue weighted by molar-refractivity contribution is 6.42. The third-order valence-corrected chi connectivity index (χ3v) is 3.09. The first-order valence-electron chi connectivity index (χ1n) is 6.95. The van der Waals surface area contributed by atoms with Gasteiger partial charge < -0.3 is 11.1 Å². The van der Waals surface area contributed by atoms with Gasteiger partial charge in [0.1, 0.15) is 0 Å². The predicted molar refractivity (Wildman–Crippen MR) is 87.9 cm³/mol. The molecule has 0 fully saturated rings. The number of nitrogens with one attached hydrogen (secondary N) is 2. The number of nitrogens with two attached hydrogens (primary N) is 1. The van der Waals surface area contributed by atoms with Gasteiger partial charge in [-0.2, -0.15) is 0 Å². The molecule has 0 atom stereocenters. The van der Waals surface area contributed by atoms with Crippen LogP contribution >= 0.6 is 0 Å². The number of carbonyl (C=O) groups excluding carboxylic acids is 3. The number of benzene rings is 2. The molecule has 0 unspecified atom stereocenters. The van der Waals surface area contributed by atoms with Crippen LogP contribution in [0.15, 0.2) is 42.5 Å². The van der Waals surface area contributed by atoms with Crippen molar-refractivity contribution < 1.29 is 14.4 Å². The molecule has 0 heterocycles. The van der Waals surface area contributed by atoms with Gasteiger partial charge in [0.15, 0.2) is 0 Å². The fourth-order valence-electron chi connectivity index (χ4n) is 2.10. The third-order valence-electron chi connectivity index (χ3n) is 3.09.